The molecule has 0 fully saturated rings. The maximum absolute atomic E-state index is 12.4. The van der Waals surface area contributed by atoms with Gasteiger partial charge in [-0.15, -0.1) is 0 Å². The number of amides is 2. The van der Waals surface area contributed by atoms with Gasteiger partial charge in [0, 0.05) is 56.4 Å². The first-order valence-corrected chi connectivity index (χ1v) is 20.7. The lowest BCUT2D eigenvalue weighted by molar-refractivity contribution is 0.118. The molecule has 1 aromatic heterocycles. The zero-order valence-electron chi connectivity index (χ0n) is 27.2. The summed E-state index contributed by atoms with van der Waals surface area (Å²) in [4.78, 5) is 36.6. The Morgan fingerprint density at radius 3 is 2.00 bits per heavy atom. The van der Waals surface area contributed by atoms with Crippen LogP contribution in [0.4, 0.5) is 21.4 Å². The fraction of sp³-hybridized carbons (Fsp3) is 0.800. The van der Waals surface area contributed by atoms with Crippen molar-refractivity contribution in [2.24, 2.45) is 11.8 Å². The molecule has 9 nitrogen and oxygen atoms in total. The number of nitrogens with zero attached hydrogens (tertiary/aromatic N) is 4. The normalized spacial score (nSPS) is 12.4. The minimum atomic E-state index is -0.569. The second kappa shape index (κ2) is 26.1. The summed E-state index contributed by atoms with van der Waals surface area (Å²) in [5.41, 5.74) is 0. The van der Waals surface area contributed by atoms with E-state index in [-0.39, 0.29) is 12.0 Å². The van der Waals surface area contributed by atoms with Gasteiger partial charge in [0.25, 0.3) is 0 Å². The number of unbranched alkanes of at least 4 members (excludes halogenated alkanes) is 2. The van der Waals surface area contributed by atoms with Crippen LogP contribution in [0.15, 0.2) is 12.3 Å². The number of anilines is 2. The second-order valence-electron chi connectivity index (χ2n) is 10.5. The van der Waals surface area contributed by atoms with Crippen LogP contribution in [0.3, 0.4) is 0 Å². The van der Waals surface area contributed by atoms with Gasteiger partial charge >= 0.3 is 12.2 Å². The van der Waals surface area contributed by atoms with Crippen LogP contribution in [0.2, 0.25) is 0 Å². The molecule has 0 saturated carbocycles. The Morgan fingerprint density at radius 1 is 0.860 bits per heavy atom. The molecule has 0 aromatic carbocycles. The summed E-state index contributed by atoms with van der Waals surface area (Å²) in [6, 6.07) is 1.76. The first-order valence-electron chi connectivity index (χ1n) is 15.7. The number of hydrogen-bond acceptors (Lipinski definition) is 11. The summed E-state index contributed by atoms with van der Waals surface area (Å²) in [6.45, 7) is 10.7. The molecule has 1 N–H and O–H groups in total. The quantitative estimate of drug-likeness (QED) is 0.0795. The highest BCUT2D eigenvalue weighted by Gasteiger charge is 2.14. The molecular formula is C30H55N5O4S4. The number of carbonyl (C=O) groups is 2. The van der Waals surface area contributed by atoms with Gasteiger partial charge in [0.05, 0.1) is 0 Å². The summed E-state index contributed by atoms with van der Waals surface area (Å²) in [7, 11) is 10.9. The molecule has 0 unspecified atom stereocenters. The van der Waals surface area contributed by atoms with Crippen LogP contribution in [0.25, 0.3) is 0 Å². The smallest absolute Gasteiger partial charge is 0.414 e. The molecule has 1 heterocycles. The second-order valence-corrected chi connectivity index (χ2v) is 15.8. The number of nitrogens with one attached hydrogen (secondary N) is 1. The largest absolute Gasteiger partial charge is 0.449 e. The van der Waals surface area contributed by atoms with Crippen molar-refractivity contribution in [1.29, 1.82) is 0 Å². The van der Waals surface area contributed by atoms with E-state index in [0.29, 0.717) is 32.1 Å². The van der Waals surface area contributed by atoms with E-state index in [4.69, 9.17) is 9.47 Å². The number of likely N-dealkylation sites (N-methyl/N-ethyl adjacent to an activating group) is 2. The summed E-state index contributed by atoms with van der Waals surface area (Å²) in [5, 5.41) is 2.60. The minimum Gasteiger partial charge on any atom is -0.449 e. The van der Waals surface area contributed by atoms with E-state index in [2.05, 4.69) is 43.0 Å². The maximum atomic E-state index is 12.4. The Hall–Kier alpha value is -1.18. The van der Waals surface area contributed by atoms with Crippen molar-refractivity contribution in [2.75, 3.05) is 73.6 Å². The Kier molecular flexibility index (Phi) is 24.2. The van der Waals surface area contributed by atoms with Crippen LogP contribution < -0.4 is 10.2 Å². The third-order valence-electron chi connectivity index (χ3n) is 6.98. The zero-order valence-corrected chi connectivity index (χ0v) is 30.4. The van der Waals surface area contributed by atoms with E-state index in [0.717, 1.165) is 34.8 Å². The molecular weight excluding hydrogens is 623 g/mol. The van der Waals surface area contributed by atoms with E-state index in [1.54, 1.807) is 45.8 Å². The van der Waals surface area contributed by atoms with E-state index in [9.17, 15) is 9.59 Å². The summed E-state index contributed by atoms with van der Waals surface area (Å²) in [5.74, 6) is 6.14. The molecule has 1 rings (SSSR count). The first-order chi connectivity index (χ1) is 20.8. The highest BCUT2D eigenvalue weighted by atomic mass is 33.1. The molecule has 248 valence electrons. The molecule has 2 amide bonds. The van der Waals surface area contributed by atoms with Gasteiger partial charge in [0.1, 0.15) is 19.0 Å². The zero-order chi connectivity index (χ0) is 31.7. The molecule has 1 aromatic rings. The lowest BCUT2D eigenvalue weighted by Gasteiger charge is -2.23. The molecule has 13 heteroatoms. The molecule has 0 spiro atoms. The maximum Gasteiger partial charge on any atom is 0.414 e. The van der Waals surface area contributed by atoms with Gasteiger partial charge in [-0.2, -0.15) is 4.98 Å². The molecule has 0 radical (unpaired) electrons. The van der Waals surface area contributed by atoms with Crippen molar-refractivity contribution in [3.63, 3.8) is 0 Å². The molecule has 0 aliphatic heterocycles. The van der Waals surface area contributed by atoms with E-state index in [1.807, 2.05) is 33.5 Å². The first kappa shape index (κ1) is 39.8. The minimum absolute atomic E-state index is 0.178. The summed E-state index contributed by atoms with van der Waals surface area (Å²) >= 11 is 0. The van der Waals surface area contributed by atoms with Crippen molar-refractivity contribution >= 4 is 67.1 Å². The predicted octanol–water partition coefficient (Wildman–Crippen LogP) is 8.73. The Balaban J connectivity index is 2.26. The van der Waals surface area contributed by atoms with Crippen molar-refractivity contribution in [3.8, 4) is 0 Å². The van der Waals surface area contributed by atoms with Crippen molar-refractivity contribution in [2.45, 2.75) is 79.1 Å². The third kappa shape index (κ3) is 19.7. The number of rotatable bonds is 25. The van der Waals surface area contributed by atoms with E-state index in [1.165, 1.54) is 51.4 Å². The average molecular weight is 678 g/mol. The van der Waals surface area contributed by atoms with Crippen molar-refractivity contribution in [1.82, 2.24) is 14.9 Å². The van der Waals surface area contributed by atoms with Gasteiger partial charge in [-0.3, -0.25) is 5.32 Å². The molecule has 0 aliphatic carbocycles. The van der Waals surface area contributed by atoms with Gasteiger partial charge in [-0.1, -0.05) is 109 Å². The predicted molar refractivity (Wildman–Crippen MR) is 191 cm³/mol. The molecule has 0 aliphatic rings. The molecule has 43 heavy (non-hydrogen) atoms. The lowest BCUT2D eigenvalue weighted by atomic mass is 10.0. The van der Waals surface area contributed by atoms with Gasteiger partial charge in [-0.05, 0) is 30.7 Å². The van der Waals surface area contributed by atoms with E-state index < -0.39 is 6.09 Å². The third-order valence-corrected chi connectivity index (χ3v) is 12.0. The van der Waals surface area contributed by atoms with Crippen LogP contribution in [0.1, 0.15) is 79.1 Å². The summed E-state index contributed by atoms with van der Waals surface area (Å²) < 4.78 is 10.7. The highest BCUT2D eigenvalue weighted by Crippen LogP contribution is 2.28. The number of aromatic nitrogens is 2. The topological polar surface area (TPSA) is 96.9 Å². The number of carbonyl (C=O) groups excluding carboxylic acids is 2. The number of hydrogen-bond donors (Lipinski definition) is 1. The Bertz CT molecular complexity index is 874. The standard InChI is InChI=1S/C30H55N5O4S4/c1-7-11-13-25(9-3)23-42-40-21-19-38-29(36)33-28-31-16-15-27(32-28)34(5)17-18-35(6)30(37)39-20-22-41-43-24-26(10-4)14-12-8-2/h15-16,25-26H,7-14,17-24H2,1-6H3,(H,31,32,33,36)/t25-,26+/m1/s1. The SMILES string of the molecule is CCCC[C@@H](CC)CSSCCOC(=O)Nc1nccc(N(C)CCN(C)C(=O)OCCSSC[C@@H](CC)CCCC)n1. The lowest BCUT2D eigenvalue weighted by Crippen LogP contribution is -2.35. The van der Waals surface area contributed by atoms with Crippen molar-refractivity contribution in [3.05, 3.63) is 12.3 Å². The number of ether oxygens (including phenoxy) is 2. The van der Waals surface area contributed by atoms with Crippen LogP contribution in [0.5, 0.6) is 0 Å². The van der Waals surface area contributed by atoms with Crippen molar-refractivity contribution < 1.29 is 19.1 Å². The van der Waals surface area contributed by atoms with Gasteiger partial charge in [0.15, 0.2) is 0 Å². The average Bonchev–Trinajstić information content (AvgIpc) is 3.01. The fourth-order valence-corrected chi connectivity index (χ4v) is 8.67. The van der Waals surface area contributed by atoms with Crippen LogP contribution in [0, 0.1) is 11.8 Å². The van der Waals surface area contributed by atoms with Crippen LogP contribution >= 0.6 is 43.2 Å². The Morgan fingerprint density at radius 2 is 1.44 bits per heavy atom. The highest BCUT2D eigenvalue weighted by molar-refractivity contribution is 8.77. The van der Waals surface area contributed by atoms with E-state index >= 15 is 0 Å². The van der Waals surface area contributed by atoms with Crippen LogP contribution in [-0.2, 0) is 9.47 Å². The Labute approximate surface area is 276 Å². The molecule has 2 atom stereocenters. The van der Waals surface area contributed by atoms with Gasteiger partial charge in [-0.25, -0.2) is 14.6 Å². The van der Waals surface area contributed by atoms with Crippen LogP contribution in [-0.4, -0.2) is 90.5 Å². The van der Waals surface area contributed by atoms with Gasteiger partial charge in [0.2, 0.25) is 5.95 Å². The fourth-order valence-electron chi connectivity index (χ4n) is 3.90. The molecule has 0 saturated heterocycles. The molecule has 0 bridgehead atoms. The van der Waals surface area contributed by atoms with Gasteiger partial charge < -0.3 is 19.3 Å². The monoisotopic (exact) mass is 677 g/mol. The summed E-state index contributed by atoms with van der Waals surface area (Å²) in [6.07, 6.45) is 10.8.